The van der Waals surface area contributed by atoms with Gasteiger partial charge in [-0.15, -0.1) is 11.8 Å². The van der Waals surface area contributed by atoms with Gasteiger partial charge in [0.1, 0.15) is 0 Å². The number of amides is 1. The SMILES string of the molecule is CC1CCCC(CNC(=O)CSCC(=O)O)(N(C)C)C1. The van der Waals surface area contributed by atoms with Gasteiger partial charge in [-0.05, 0) is 32.9 Å². The van der Waals surface area contributed by atoms with Crippen LogP contribution in [0.15, 0.2) is 0 Å². The number of hydrogen-bond acceptors (Lipinski definition) is 4. The molecule has 1 saturated carbocycles. The highest BCUT2D eigenvalue weighted by molar-refractivity contribution is 8.00. The maximum atomic E-state index is 11.8. The molecular formula is C14H26N2O3S. The Morgan fingerprint density at radius 3 is 2.65 bits per heavy atom. The lowest BCUT2D eigenvalue weighted by Gasteiger charge is -2.45. The summed E-state index contributed by atoms with van der Waals surface area (Å²) in [6, 6.07) is 0. The van der Waals surface area contributed by atoms with E-state index in [9.17, 15) is 9.59 Å². The van der Waals surface area contributed by atoms with E-state index in [0.29, 0.717) is 12.5 Å². The Morgan fingerprint density at radius 1 is 1.40 bits per heavy atom. The smallest absolute Gasteiger partial charge is 0.313 e. The van der Waals surface area contributed by atoms with E-state index >= 15 is 0 Å². The molecule has 1 rings (SSSR count). The van der Waals surface area contributed by atoms with Crippen molar-refractivity contribution in [3.05, 3.63) is 0 Å². The van der Waals surface area contributed by atoms with Crippen LogP contribution in [-0.4, -0.2) is 59.6 Å². The quantitative estimate of drug-likeness (QED) is 0.744. The summed E-state index contributed by atoms with van der Waals surface area (Å²) in [6.45, 7) is 2.92. The summed E-state index contributed by atoms with van der Waals surface area (Å²) in [5.41, 5.74) is 0.0464. The fourth-order valence-corrected chi connectivity index (χ4v) is 3.47. The molecule has 0 spiro atoms. The lowest BCUT2D eigenvalue weighted by molar-refractivity contribution is -0.133. The van der Waals surface area contributed by atoms with Gasteiger partial charge < -0.3 is 15.3 Å². The van der Waals surface area contributed by atoms with Crippen LogP contribution in [0.2, 0.25) is 0 Å². The minimum Gasteiger partial charge on any atom is -0.481 e. The summed E-state index contributed by atoms with van der Waals surface area (Å²) in [5, 5.41) is 11.5. The fraction of sp³-hybridized carbons (Fsp3) is 0.857. The van der Waals surface area contributed by atoms with E-state index < -0.39 is 5.97 Å². The highest BCUT2D eigenvalue weighted by Crippen LogP contribution is 2.35. The van der Waals surface area contributed by atoms with Crippen LogP contribution in [0.4, 0.5) is 0 Å². The second-order valence-corrected chi connectivity index (χ2v) is 6.97. The first-order chi connectivity index (χ1) is 9.35. The Morgan fingerprint density at radius 2 is 2.10 bits per heavy atom. The van der Waals surface area contributed by atoms with E-state index in [1.54, 1.807) is 0 Å². The average molecular weight is 302 g/mol. The molecule has 1 fully saturated rings. The van der Waals surface area contributed by atoms with Gasteiger partial charge in [0.05, 0.1) is 11.5 Å². The summed E-state index contributed by atoms with van der Waals surface area (Å²) < 4.78 is 0. The number of carboxylic acids is 1. The van der Waals surface area contributed by atoms with Gasteiger partial charge in [0, 0.05) is 12.1 Å². The molecule has 1 amide bonds. The molecule has 0 bridgehead atoms. The second kappa shape index (κ2) is 7.88. The number of carboxylic acid groups (broad SMARTS) is 1. The van der Waals surface area contributed by atoms with Crippen LogP contribution in [0.5, 0.6) is 0 Å². The Hall–Kier alpha value is -0.750. The standard InChI is InChI=1S/C14H26N2O3S/c1-11-5-4-6-14(7-11,16(2)3)10-15-12(17)8-20-9-13(18)19/h11H,4-10H2,1-3H3,(H,15,17)(H,18,19). The number of nitrogens with zero attached hydrogens (tertiary/aromatic N) is 1. The topological polar surface area (TPSA) is 69.6 Å². The molecule has 0 aromatic heterocycles. The number of likely N-dealkylation sites (N-methyl/N-ethyl adjacent to an activating group) is 1. The van der Waals surface area contributed by atoms with Crippen molar-refractivity contribution in [1.82, 2.24) is 10.2 Å². The Balaban J connectivity index is 2.43. The summed E-state index contributed by atoms with van der Waals surface area (Å²) in [7, 11) is 4.15. The predicted molar refractivity (Wildman–Crippen MR) is 82.0 cm³/mol. The molecule has 0 radical (unpaired) electrons. The Kier molecular flexibility index (Phi) is 6.82. The van der Waals surface area contributed by atoms with Crippen molar-refractivity contribution in [2.24, 2.45) is 5.92 Å². The average Bonchev–Trinajstić information content (AvgIpc) is 2.36. The number of aliphatic carboxylic acids is 1. The maximum Gasteiger partial charge on any atom is 0.313 e. The van der Waals surface area contributed by atoms with Gasteiger partial charge in [-0.2, -0.15) is 0 Å². The summed E-state index contributed by atoms with van der Waals surface area (Å²) in [4.78, 5) is 24.4. The van der Waals surface area contributed by atoms with Gasteiger partial charge in [-0.25, -0.2) is 0 Å². The third-order valence-electron chi connectivity index (χ3n) is 4.09. The Labute approximate surface area is 125 Å². The van der Waals surface area contributed by atoms with Crippen LogP contribution in [0.25, 0.3) is 0 Å². The molecule has 2 unspecified atom stereocenters. The highest BCUT2D eigenvalue weighted by Gasteiger charge is 2.37. The number of thioether (sulfide) groups is 1. The van der Waals surface area contributed by atoms with Crippen molar-refractivity contribution in [3.8, 4) is 0 Å². The van der Waals surface area contributed by atoms with Gasteiger partial charge in [-0.1, -0.05) is 19.8 Å². The third-order valence-corrected chi connectivity index (χ3v) is 5.01. The molecule has 2 atom stereocenters. The normalized spacial score (nSPS) is 26.5. The zero-order chi connectivity index (χ0) is 15.2. The van der Waals surface area contributed by atoms with Crippen molar-refractivity contribution in [3.63, 3.8) is 0 Å². The van der Waals surface area contributed by atoms with Crippen LogP contribution in [0.1, 0.15) is 32.6 Å². The molecule has 0 saturated heterocycles. The first kappa shape index (κ1) is 17.3. The summed E-state index contributed by atoms with van der Waals surface area (Å²) in [5.74, 6) is -0.0805. The highest BCUT2D eigenvalue weighted by atomic mass is 32.2. The van der Waals surface area contributed by atoms with Crippen LogP contribution in [-0.2, 0) is 9.59 Å². The molecule has 0 heterocycles. The number of rotatable bonds is 7. The van der Waals surface area contributed by atoms with E-state index in [-0.39, 0.29) is 23.0 Å². The van der Waals surface area contributed by atoms with E-state index in [0.717, 1.165) is 24.6 Å². The number of carbonyl (C=O) groups is 2. The number of nitrogens with one attached hydrogen (secondary N) is 1. The molecule has 1 aliphatic carbocycles. The van der Waals surface area contributed by atoms with Crippen molar-refractivity contribution < 1.29 is 14.7 Å². The van der Waals surface area contributed by atoms with E-state index in [2.05, 4.69) is 31.2 Å². The van der Waals surface area contributed by atoms with E-state index in [1.165, 1.54) is 12.8 Å². The first-order valence-electron chi connectivity index (χ1n) is 7.09. The summed E-state index contributed by atoms with van der Waals surface area (Å²) >= 11 is 1.14. The molecule has 116 valence electrons. The molecule has 5 nitrogen and oxygen atoms in total. The minimum atomic E-state index is -0.881. The lowest BCUT2D eigenvalue weighted by atomic mass is 9.75. The largest absolute Gasteiger partial charge is 0.481 e. The van der Waals surface area contributed by atoms with E-state index in [1.807, 2.05) is 0 Å². The molecule has 20 heavy (non-hydrogen) atoms. The number of hydrogen-bond donors (Lipinski definition) is 2. The van der Waals surface area contributed by atoms with Crippen LogP contribution >= 0.6 is 11.8 Å². The molecule has 2 N–H and O–H groups in total. The van der Waals surface area contributed by atoms with Gasteiger partial charge >= 0.3 is 5.97 Å². The molecule has 6 heteroatoms. The zero-order valence-corrected chi connectivity index (χ0v) is 13.5. The molecule has 0 aromatic rings. The van der Waals surface area contributed by atoms with Crippen molar-refractivity contribution in [2.75, 3.05) is 32.1 Å². The minimum absolute atomic E-state index is 0.0245. The Bertz CT molecular complexity index is 349. The second-order valence-electron chi connectivity index (χ2n) is 5.98. The fourth-order valence-electron chi connectivity index (χ4n) is 2.90. The first-order valence-corrected chi connectivity index (χ1v) is 8.25. The van der Waals surface area contributed by atoms with Crippen molar-refractivity contribution in [2.45, 2.75) is 38.1 Å². The maximum absolute atomic E-state index is 11.8. The molecule has 0 aromatic carbocycles. The van der Waals surface area contributed by atoms with Crippen molar-refractivity contribution >= 4 is 23.6 Å². The number of carbonyl (C=O) groups excluding carboxylic acids is 1. The third kappa shape index (κ3) is 5.32. The van der Waals surface area contributed by atoms with Gasteiger partial charge in [-0.3, -0.25) is 9.59 Å². The van der Waals surface area contributed by atoms with E-state index in [4.69, 9.17) is 5.11 Å². The molecule has 1 aliphatic rings. The zero-order valence-electron chi connectivity index (χ0n) is 12.6. The summed E-state index contributed by atoms with van der Waals surface area (Å²) in [6.07, 6.45) is 4.66. The predicted octanol–water partition coefficient (Wildman–Crippen LogP) is 1.43. The molecule has 0 aliphatic heterocycles. The van der Waals surface area contributed by atoms with Crippen LogP contribution in [0, 0.1) is 5.92 Å². The van der Waals surface area contributed by atoms with Gasteiger partial charge in [0.15, 0.2) is 0 Å². The molecular weight excluding hydrogens is 276 g/mol. The van der Waals surface area contributed by atoms with Gasteiger partial charge in [0.2, 0.25) is 5.91 Å². The van der Waals surface area contributed by atoms with Crippen LogP contribution in [0.3, 0.4) is 0 Å². The lowest BCUT2D eigenvalue weighted by Crippen LogP contribution is -2.55. The van der Waals surface area contributed by atoms with Crippen LogP contribution < -0.4 is 5.32 Å². The monoisotopic (exact) mass is 302 g/mol. The van der Waals surface area contributed by atoms with Crippen molar-refractivity contribution in [1.29, 1.82) is 0 Å². The van der Waals surface area contributed by atoms with Gasteiger partial charge in [0.25, 0.3) is 0 Å².